The number of nitrogens with one attached hydrogen (secondary N) is 2. The molecular formula is C35H32N4O5. The molecule has 5 amide bonds. The highest BCUT2D eigenvalue weighted by atomic mass is 16.2. The average Bonchev–Trinajstić information content (AvgIpc) is 3.25. The van der Waals surface area contributed by atoms with Crippen molar-refractivity contribution >= 4 is 46.0 Å². The maximum absolute atomic E-state index is 13.1. The molecule has 222 valence electrons. The van der Waals surface area contributed by atoms with Crippen LogP contribution in [0.1, 0.15) is 50.2 Å². The molecule has 0 bridgehead atoms. The Hall–Kier alpha value is -5.15. The van der Waals surface area contributed by atoms with Crippen molar-refractivity contribution in [2.45, 2.75) is 38.3 Å². The zero-order chi connectivity index (χ0) is 30.8. The number of piperidine rings is 1. The van der Waals surface area contributed by atoms with Crippen LogP contribution in [0.15, 0.2) is 84.9 Å². The fourth-order valence-corrected chi connectivity index (χ4v) is 5.91. The van der Waals surface area contributed by atoms with Crippen LogP contribution in [0.2, 0.25) is 0 Å². The molecule has 0 saturated carbocycles. The summed E-state index contributed by atoms with van der Waals surface area (Å²) in [6, 6.07) is 26.3. The number of hydrogen-bond acceptors (Lipinski definition) is 6. The summed E-state index contributed by atoms with van der Waals surface area (Å²) in [6.07, 6.45) is 1.23. The maximum atomic E-state index is 13.1. The van der Waals surface area contributed by atoms with Crippen LogP contribution < -0.4 is 10.6 Å². The minimum atomic E-state index is -1.04. The molecule has 44 heavy (non-hydrogen) atoms. The normalized spacial score (nSPS) is 16.4. The van der Waals surface area contributed by atoms with Gasteiger partial charge in [0.25, 0.3) is 11.8 Å². The summed E-state index contributed by atoms with van der Waals surface area (Å²) in [7, 11) is 2.10. The molecule has 1 atom stereocenters. The van der Waals surface area contributed by atoms with E-state index in [0.29, 0.717) is 5.69 Å². The molecule has 6 rings (SSSR count). The molecule has 1 fully saturated rings. The molecule has 4 aromatic rings. The first-order valence-corrected chi connectivity index (χ1v) is 14.7. The first-order chi connectivity index (χ1) is 21.3. The molecule has 2 aliphatic heterocycles. The quantitative estimate of drug-likeness (QED) is 0.285. The van der Waals surface area contributed by atoms with Gasteiger partial charge in [0.15, 0.2) is 0 Å². The SMILES string of the molecule is CN(CCc1cccc2ccccc12)Cc1ccc(CC(=O)Nc2ccc3c(c2)C(=O)N(C2CCC(=O)NC2=O)C3=O)cc1. The molecule has 0 spiro atoms. The van der Waals surface area contributed by atoms with Crippen LogP contribution >= 0.6 is 0 Å². The standard InChI is InChI=1S/C35H32N4O5/c1-38(18-17-25-7-4-6-24-5-2-3-8-27(24)25)21-23-11-9-22(10-12-23)19-32(41)36-26-13-14-28-29(20-26)35(44)39(34(28)43)30-15-16-31(40)37-33(30)42/h2-14,20,30H,15-19,21H2,1H3,(H,36,41)(H,37,40,42). The lowest BCUT2D eigenvalue weighted by atomic mass is 10.0. The van der Waals surface area contributed by atoms with E-state index in [0.717, 1.165) is 35.5 Å². The van der Waals surface area contributed by atoms with E-state index in [-0.39, 0.29) is 36.3 Å². The number of carbonyl (C=O) groups excluding carboxylic acids is 5. The summed E-state index contributed by atoms with van der Waals surface area (Å²) in [4.78, 5) is 65.7. The van der Waals surface area contributed by atoms with Crippen LogP contribution in [-0.2, 0) is 33.8 Å². The van der Waals surface area contributed by atoms with Crippen LogP contribution in [0.4, 0.5) is 5.69 Å². The Bertz CT molecular complexity index is 1790. The van der Waals surface area contributed by atoms with E-state index in [9.17, 15) is 24.0 Å². The number of rotatable bonds is 9. The van der Waals surface area contributed by atoms with Crippen molar-refractivity contribution in [2.24, 2.45) is 0 Å². The highest BCUT2D eigenvalue weighted by molar-refractivity contribution is 6.24. The minimum absolute atomic E-state index is 0.0503. The van der Waals surface area contributed by atoms with Gasteiger partial charge in [-0.15, -0.1) is 0 Å². The van der Waals surface area contributed by atoms with E-state index in [1.54, 1.807) is 6.07 Å². The Morgan fingerprint density at radius 3 is 2.41 bits per heavy atom. The molecule has 0 aromatic heterocycles. The van der Waals surface area contributed by atoms with Gasteiger partial charge in [-0.1, -0.05) is 66.7 Å². The Labute approximate surface area is 254 Å². The number of benzene rings is 4. The Morgan fingerprint density at radius 1 is 0.886 bits per heavy atom. The summed E-state index contributed by atoms with van der Waals surface area (Å²) in [6.45, 7) is 1.70. The number of anilines is 1. The van der Waals surface area contributed by atoms with E-state index in [1.165, 1.54) is 28.5 Å². The third kappa shape index (κ3) is 6.00. The van der Waals surface area contributed by atoms with Gasteiger partial charge in [0, 0.05) is 25.2 Å². The Morgan fingerprint density at radius 2 is 1.61 bits per heavy atom. The predicted octanol–water partition coefficient (Wildman–Crippen LogP) is 4.10. The number of hydrogen-bond donors (Lipinski definition) is 2. The summed E-state index contributed by atoms with van der Waals surface area (Å²) in [5, 5.41) is 7.53. The summed E-state index contributed by atoms with van der Waals surface area (Å²) in [5.74, 6) is -2.56. The van der Waals surface area contributed by atoms with Gasteiger partial charge in [-0.25, -0.2) is 0 Å². The highest BCUT2D eigenvalue weighted by Crippen LogP contribution is 2.29. The van der Waals surface area contributed by atoms with E-state index in [2.05, 4.69) is 65.0 Å². The molecule has 0 radical (unpaired) electrons. The topological polar surface area (TPSA) is 116 Å². The van der Waals surface area contributed by atoms with Crippen LogP contribution in [0, 0.1) is 0 Å². The minimum Gasteiger partial charge on any atom is -0.326 e. The molecule has 9 nitrogen and oxygen atoms in total. The molecule has 9 heteroatoms. The average molecular weight is 589 g/mol. The summed E-state index contributed by atoms with van der Waals surface area (Å²) < 4.78 is 0. The Kier molecular flexibility index (Phi) is 8.04. The molecule has 1 unspecified atom stereocenters. The van der Waals surface area contributed by atoms with Crippen LogP contribution in [0.5, 0.6) is 0 Å². The van der Waals surface area contributed by atoms with Crippen LogP contribution in [0.3, 0.4) is 0 Å². The van der Waals surface area contributed by atoms with E-state index in [1.807, 2.05) is 24.3 Å². The fraction of sp³-hybridized carbons (Fsp3) is 0.229. The number of carbonyl (C=O) groups is 5. The molecule has 0 aliphatic carbocycles. The smallest absolute Gasteiger partial charge is 0.262 e. The maximum Gasteiger partial charge on any atom is 0.262 e. The number of amides is 5. The first kappa shape index (κ1) is 28.9. The molecule has 2 heterocycles. The molecule has 2 N–H and O–H groups in total. The molecular weight excluding hydrogens is 556 g/mol. The van der Waals surface area contributed by atoms with Gasteiger partial charge in [0.05, 0.1) is 17.5 Å². The first-order valence-electron chi connectivity index (χ1n) is 14.7. The fourth-order valence-electron chi connectivity index (χ4n) is 5.91. The second kappa shape index (κ2) is 12.2. The zero-order valence-corrected chi connectivity index (χ0v) is 24.3. The van der Waals surface area contributed by atoms with Crippen molar-refractivity contribution in [3.63, 3.8) is 0 Å². The third-order valence-electron chi connectivity index (χ3n) is 8.21. The van der Waals surface area contributed by atoms with Crippen molar-refractivity contribution in [1.82, 2.24) is 15.1 Å². The molecule has 2 aliphatic rings. The van der Waals surface area contributed by atoms with Crippen LogP contribution in [0.25, 0.3) is 10.8 Å². The van der Waals surface area contributed by atoms with Crippen molar-refractivity contribution in [1.29, 1.82) is 0 Å². The van der Waals surface area contributed by atoms with Crippen molar-refractivity contribution in [3.05, 3.63) is 113 Å². The van der Waals surface area contributed by atoms with Gasteiger partial charge in [-0.3, -0.25) is 34.2 Å². The summed E-state index contributed by atoms with van der Waals surface area (Å²) in [5.41, 5.74) is 3.99. The Balaban J connectivity index is 1.02. The molecule has 1 saturated heterocycles. The number of fused-ring (bicyclic) bond motifs is 2. The van der Waals surface area contributed by atoms with Gasteiger partial charge in [-0.05, 0) is 65.6 Å². The van der Waals surface area contributed by atoms with Crippen molar-refractivity contribution in [2.75, 3.05) is 18.9 Å². The monoisotopic (exact) mass is 588 g/mol. The van der Waals surface area contributed by atoms with Gasteiger partial charge < -0.3 is 10.2 Å². The number of imide groups is 2. The predicted molar refractivity (Wildman–Crippen MR) is 166 cm³/mol. The van der Waals surface area contributed by atoms with E-state index in [4.69, 9.17) is 0 Å². The van der Waals surface area contributed by atoms with Gasteiger partial charge >= 0.3 is 0 Å². The van der Waals surface area contributed by atoms with Crippen molar-refractivity contribution < 1.29 is 24.0 Å². The van der Waals surface area contributed by atoms with Crippen LogP contribution in [-0.4, -0.2) is 59.0 Å². The molecule has 4 aromatic carbocycles. The second-order valence-electron chi connectivity index (χ2n) is 11.4. The lowest BCUT2D eigenvalue weighted by Gasteiger charge is -2.27. The van der Waals surface area contributed by atoms with E-state index >= 15 is 0 Å². The second-order valence-corrected chi connectivity index (χ2v) is 11.4. The number of likely N-dealkylation sites (N-methyl/N-ethyl adjacent to an activating group) is 1. The lowest BCUT2D eigenvalue weighted by Crippen LogP contribution is -2.54. The highest BCUT2D eigenvalue weighted by Gasteiger charge is 2.44. The number of nitrogens with zero attached hydrogens (tertiary/aromatic N) is 2. The van der Waals surface area contributed by atoms with Gasteiger partial charge in [0.1, 0.15) is 6.04 Å². The van der Waals surface area contributed by atoms with Crippen molar-refractivity contribution in [3.8, 4) is 0 Å². The summed E-state index contributed by atoms with van der Waals surface area (Å²) >= 11 is 0. The van der Waals surface area contributed by atoms with E-state index < -0.39 is 29.7 Å². The van der Waals surface area contributed by atoms with Gasteiger partial charge in [0.2, 0.25) is 17.7 Å². The third-order valence-corrected chi connectivity index (χ3v) is 8.21. The zero-order valence-electron chi connectivity index (χ0n) is 24.3. The lowest BCUT2D eigenvalue weighted by molar-refractivity contribution is -0.136. The largest absolute Gasteiger partial charge is 0.326 e. The van der Waals surface area contributed by atoms with Gasteiger partial charge in [-0.2, -0.15) is 0 Å².